The molecular weight excluding hydrogens is 792 g/mol. The maximum absolute atomic E-state index is 16.6. The van der Waals surface area contributed by atoms with E-state index in [1.54, 1.807) is 49.9 Å². The number of methoxy groups -OCH3 is 1. The number of piperazine rings is 1. The molecule has 1 aliphatic heterocycles. The molecule has 0 unspecified atom stereocenters. The van der Waals surface area contributed by atoms with Gasteiger partial charge in [0.25, 0.3) is 0 Å². The average molecular weight is 821 g/mol. The quantitative estimate of drug-likeness (QED) is 0.106. The molecule has 1 saturated heterocycles. The molecule has 1 aliphatic rings. The predicted octanol–water partition coefficient (Wildman–Crippen LogP) is 5.67. The molecule has 5 rings (SSSR count). The van der Waals surface area contributed by atoms with Crippen LogP contribution in [0.15, 0.2) is 36.4 Å². The van der Waals surface area contributed by atoms with E-state index in [-0.39, 0.29) is 49.6 Å². The van der Waals surface area contributed by atoms with E-state index in [0.717, 1.165) is 6.07 Å². The Hall–Kier alpha value is -4.15. The van der Waals surface area contributed by atoms with Crippen LogP contribution in [0.4, 0.5) is 23.8 Å². The molecular formula is C33H29F3N5O4Tl. The molecule has 2 heterocycles. The third kappa shape index (κ3) is 6.83. The molecule has 0 radical (unpaired) electrons. The van der Waals surface area contributed by atoms with Crippen LogP contribution < -0.4 is 9.64 Å². The topological polar surface area (TPSA) is 101 Å². The van der Waals surface area contributed by atoms with Crippen LogP contribution in [0.1, 0.15) is 32.8 Å². The molecule has 13 heteroatoms. The van der Waals surface area contributed by atoms with Gasteiger partial charge in [-0.3, -0.25) is 0 Å². The Morgan fingerprint density at radius 1 is 1.15 bits per heavy atom. The summed E-state index contributed by atoms with van der Waals surface area (Å²) in [4.78, 5) is 23.6. The van der Waals surface area contributed by atoms with Crippen molar-refractivity contribution in [2.75, 3.05) is 38.4 Å². The van der Waals surface area contributed by atoms with Crippen molar-refractivity contribution in [3.8, 4) is 32.3 Å². The molecule has 0 spiro atoms. The van der Waals surface area contributed by atoms with Crippen LogP contribution in [0.5, 0.6) is 5.75 Å². The molecule has 1 amide bonds. The average Bonchev–Trinajstić information content (AvgIpc) is 2.99. The summed E-state index contributed by atoms with van der Waals surface area (Å²) in [5.74, 6) is 1.30. The zero-order valence-corrected chi connectivity index (χ0v) is 30.1. The van der Waals surface area contributed by atoms with Crippen molar-refractivity contribution in [3.05, 3.63) is 59.7 Å². The van der Waals surface area contributed by atoms with Crippen molar-refractivity contribution < 1.29 is 32.2 Å². The van der Waals surface area contributed by atoms with Crippen LogP contribution in [0.3, 0.4) is 0 Å². The maximum atomic E-state index is 16.6. The summed E-state index contributed by atoms with van der Waals surface area (Å²) in [6, 6.07) is 11.1. The summed E-state index contributed by atoms with van der Waals surface area (Å²) in [7, 11) is 1.45. The fourth-order valence-electron chi connectivity index (χ4n) is 5.52. The van der Waals surface area contributed by atoms with Crippen LogP contribution in [0, 0.1) is 38.4 Å². The van der Waals surface area contributed by atoms with Gasteiger partial charge in [0, 0.05) is 6.54 Å². The van der Waals surface area contributed by atoms with Gasteiger partial charge in [-0.1, -0.05) is 0 Å². The second kappa shape index (κ2) is 13.7. The molecule has 3 aromatic carbocycles. The number of anilines is 1. The Labute approximate surface area is 279 Å². The first-order valence-electron chi connectivity index (χ1n) is 14.3. The molecule has 0 N–H and O–H groups in total. The number of aromatic nitrogens is 2. The van der Waals surface area contributed by atoms with Crippen molar-refractivity contribution >= 4 is 59.4 Å². The van der Waals surface area contributed by atoms with Crippen molar-refractivity contribution in [1.82, 2.24) is 14.9 Å². The number of ether oxygens (including phenoxy) is 3. The third-order valence-electron chi connectivity index (χ3n) is 7.34. The van der Waals surface area contributed by atoms with E-state index in [0.29, 0.717) is 47.9 Å². The van der Waals surface area contributed by atoms with Gasteiger partial charge < -0.3 is 9.64 Å². The zero-order valence-electron chi connectivity index (χ0n) is 25.7. The fourth-order valence-corrected chi connectivity index (χ4v) is 6.12. The monoisotopic (exact) mass is 821 g/mol. The van der Waals surface area contributed by atoms with E-state index in [2.05, 4.69) is 25.4 Å². The normalized spacial score (nSPS) is 14.9. The van der Waals surface area contributed by atoms with Gasteiger partial charge >= 0.3 is 210 Å². The minimum atomic E-state index is -1.21. The SMILES string of the molecule is COCOc1cc(-c2c(F)cc3c(N4CCN(C(=O)OC(C)(C)C)[C@@H](CC#N)C4)nc(F)nc3c2F)c2c(C#[C][Tl])cccc2c1. The van der Waals surface area contributed by atoms with Crippen molar-refractivity contribution in [3.63, 3.8) is 0 Å². The number of nitrogens with zero attached hydrogens (tertiary/aromatic N) is 5. The number of carbonyl (C=O) groups is 1. The van der Waals surface area contributed by atoms with E-state index in [4.69, 9.17) is 14.2 Å². The molecule has 0 bridgehead atoms. The second-order valence-electron chi connectivity index (χ2n) is 11.6. The van der Waals surface area contributed by atoms with Crippen LogP contribution >= 0.6 is 0 Å². The Balaban J connectivity index is 1.65. The number of hydrogen-bond donors (Lipinski definition) is 0. The summed E-state index contributed by atoms with van der Waals surface area (Å²) < 4.78 is 67.0. The third-order valence-corrected chi connectivity index (χ3v) is 7.90. The molecule has 0 aliphatic carbocycles. The Morgan fingerprint density at radius 3 is 2.63 bits per heavy atom. The first-order valence-corrected chi connectivity index (χ1v) is 16.6. The van der Waals surface area contributed by atoms with Crippen LogP contribution in [-0.4, -0.2) is 91.9 Å². The molecule has 1 aromatic heterocycles. The predicted molar refractivity (Wildman–Crippen MR) is 167 cm³/mol. The van der Waals surface area contributed by atoms with E-state index in [9.17, 15) is 10.1 Å². The molecule has 234 valence electrons. The molecule has 0 saturated carbocycles. The van der Waals surface area contributed by atoms with Crippen LogP contribution in [0.2, 0.25) is 0 Å². The number of nitriles is 1. The summed E-state index contributed by atoms with van der Waals surface area (Å²) in [6.45, 7) is 5.42. The van der Waals surface area contributed by atoms with Gasteiger partial charge in [0.1, 0.15) is 5.60 Å². The van der Waals surface area contributed by atoms with Crippen LogP contribution in [-0.2, 0) is 9.47 Å². The minimum absolute atomic E-state index is 0.0470. The summed E-state index contributed by atoms with van der Waals surface area (Å²) in [5.41, 5.74) is -0.865. The van der Waals surface area contributed by atoms with Gasteiger partial charge in [-0.25, -0.2) is 4.79 Å². The first-order chi connectivity index (χ1) is 21.9. The second-order valence-corrected chi connectivity index (χ2v) is 12.7. The standard InChI is InChI=1S/C33H29F3N5O4.Tl/c1-6-19-8-7-9-20-14-22(44-18-43-5)15-23(26(19)20)27-25(34)16-24-29(28(27)35)38-31(36)39-30(24)40-12-13-41(21(17-40)10-11-37)32(42)45-33(2,3)4;/h7-9,14-16,21H,10,12-13,17-18H2,2-5H3;/t21-;/m0./s1. The van der Waals surface area contributed by atoms with Gasteiger partial charge in [-0.15, -0.1) is 0 Å². The van der Waals surface area contributed by atoms with E-state index in [1.165, 1.54) is 18.1 Å². The number of benzene rings is 3. The van der Waals surface area contributed by atoms with E-state index in [1.807, 2.05) is 0 Å². The molecule has 4 aromatic rings. The van der Waals surface area contributed by atoms with Crippen molar-refractivity contribution in [1.29, 1.82) is 5.26 Å². The Morgan fingerprint density at radius 2 is 1.93 bits per heavy atom. The molecule has 1 fully saturated rings. The summed E-state index contributed by atoms with van der Waals surface area (Å²) >= 11 is 0.374. The fraction of sp³-hybridized carbons (Fsp3) is 0.333. The van der Waals surface area contributed by atoms with Crippen LogP contribution in [0.25, 0.3) is 32.8 Å². The number of carbonyl (C=O) groups excluding carboxylic acids is 1. The van der Waals surface area contributed by atoms with Crippen molar-refractivity contribution in [2.24, 2.45) is 0 Å². The number of fused-ring (bicyclic) bond motifs is 2. The van der Waals surface area contributed by atoms with Gasteiger partial charge in [0.15, 0.2) is 0 Å². The zero-order chi connectivity index (χ0) is 33.2. The van der Waals surface area contributed by atoms with Gasteiger partial charge in [-0.05, 0) is 20.8 Å². The van der Waals surface area contributed by atoms with Crippen molar-refractivity contribution in [2.45, 2.75) is 38.8 Å². The van der Waals surface area contributed by atoms with Gasteiger partial charge in [-0.2, -0.15) is 5.26 Å². The summed E-state index contributed by atoms with van der Waals surface area (Å²) in [5, 5.41) is 10.6. The number of rotatable bonds is 6. The molecule has 9 nitrogen and oxygen atoms in total. The number of hydrogen-bond acceptors (Lipinski definition) is 8. The van der Waals surface area contributed by atoms with E-state index >= 15 is 13.2 Å². The van der Waals surface area contributed by atoms with Gasteiger partial charge in [0.2, 0.25) is 0 Å². The molecule has 1 atom stereocenters. The Bertz CT molecular complexity index is 1930. The first kappa shape index (κ1) is 33.2. The Kier molecular flexibility index (Phi) is 9.88. The molecule has 46 heavy (non-hydrogen) atoms. The number of halogens is 3. The van der Waals surface area contributed by atoms with Gasteiger partial charge in [0.05, 0.1) is 18.5 Å². The summed E-state index contributed by atoms with van der Waals surface area (Å²) in [6.07, 6.45) is -1.85. The van der Waals surface area contributed by atoms with E-state index < -0.39 is 46.5 Å². The number of amides is 1.